The fraction of sp³-hybridized carbons (Fsp3) is 0.400. The lowest BCUT2D eigenvalue weighted by Crippen LogP contribution is -2.05. The average molecular weight is 242 g/mol. The molecule has 0 aromatic rings. The van der Waals surface area contributed by atoms with Gasteiger partial charge in [0.15, 0.2) is 5.76 Å². The second kappa shape index (κ2) is 4.60. The van der Waals surface area contributed by atoms with Crippen molar-refractivity contribution < 1.29 is 14.3 Å². The van der Waals surface area contributed by atoms with Gasteiger partial charge >= 0.3 is 5.97 Å². The molecule has 0 heterocycles. The van der Waals surface area contributed by atoms with Gasteiger partial charge in [0.25, 0.3) is 0 Å². The highest BCUT2D eigenvalue weighted by Crippen LogP contribution is 1.97. The van der Waals surface area contributed by atoms with Crippen LogP contribution in [0.4, 0.5) is 0 Å². The van der Waals surface area contributed by atoms with Crippen LogP contribution in [0, 0.1) is 0 Å². The zero-order chi connectivity index (χ0) is 7.28. The fourth-order valence-electron chi connectivity index (χ4n) is 0.239. The first-order valence-corrected chi connectivity index (χ1v) is 3.71. The van der Waals surface area contributed by atoms with Gasteiger partial charge in [0, 0.05) is 0 Å². The van der Waals surface area contributed by atoms with Crippen LogP contribution in [0.1, 0.15) is 0 Å². The maximum absolute atomic E-state index is 10.5. The lowest BCUT2D eigenvalue weighted by atomic mass is 10.6. The van der Waals surface area contributed by atoms with Crippen LogP contribution < -0.4 is 0 Å². The molecule has 0 aliphatic rings. The Morgan fingerprint density at radius 1 is 1.78 bits per heavy atom. The molecule has 4 heteroatoms. The summed E-state index contributed by atoms with van der Waals surface area (Å²) < 4.78 is 9.42. The van der Waals surface area contributed by atoms with Crippen molar-refractivity contribution in [3.05, 3.63) is 12.3 Å². The summed E-state index contributed by atoms with van der Waals surface area (Å²) >= 11 is 1.96. The number of ether oxygens (including phenoxy) is 2. The summed E-state index contributed by atoms with van der Waals surface area (Å²) in [5, 5.41) is 0. The van der Waals surface area contributed by atoms with Crippen LogP contribution in [0.15, 0.2) is 12.3 Å². The molecule has 3 nitrogen and oxygen atoms in total. The van der Waals surface area contributed by atoms with Gasteiger partial charge < -0.3 is 9.47 Å². The molecule has 0 aromatic carbocycles. The van der Waals surface area contributed by atoms with E-state index < -0.39 is 5.97 Å². The molecule has 0 atom stereocenters. The first kappa shape index (κ1) is 8.74. The minimum atomic E-state index is -0.522. The number of carbonyl (C=O) groups is 1. The maximum Gasteiger partial charge on any atom is 0.372 e. The third-order valence-corrected chi connectivity index (χ3v) is 0.953. The van der Waals surface area contributed by atoms with E-state index in [1.165, 1.54) is 7.11 Å². The van der Waals surface area contributed by atoms with E-state index in [-0.39, 0.29) is 5.76 Å². The molecule has 52 valence electrons. The normalized spacial score (nSPS) is 8.22. The van der Waals surface area contributed by atoms with E-state index in [2.05, 4.69) is 11.3 Å². The molecule has 0 rings (SSSR count). The van der Waals surface area contributed by atoms with E-state index in [1.807, 2.05) is 22.6 Å². The molecule has 0 unspecified atom stereocenters. The Kier molecular flexibility index (Phi) is 4.47. The second-order valence-electron chi connectivity index (χ2n) is 1.17. The quantitative estimate of drug-likeness (QED) is 0.244. The van der Waals surface area contributed by atoms with Crippen LogP contribution in [0.2, 0.25) is 0 Å². The average Bonchev–Trinajstić information content (AvgIpc) is 1.87. The predicted molar refractivity (Wildman–Crippen MR) is 41.1 cm³/mol. The Morgan fingerprint density at radius 3 is 2.67 bits per heavy atom. The largest absolute Gasteiger partial charge is 0.476 e. The minimum absolute atomic E-state index is 0.0481. The van der Waals surface area contributed by atoms with Crippen LogP contribution in [-0.4, -0.2) is 17.7 Å². The van der Waals surface area contributed by atoms with Crippen molar-refractivity contribution in [3.63, 3.8) is 0 Å². The molecule has 0 amide bonds. The molecule has 9 heavy (non-hydrogen) atoms. The van der Waals surface area contributed by atoms with Crippen molar-refractivity contribution in [1.29, 1.82) is 0 Å². The van der Waals surface area contributed by atoms with Gasteiger partial charge in [-0.2, -0.15) is 0 Å². The highest BCUT2D eigenvalue weighted by molar-refractivity contribution is 14.1. The Balaban J connectivity index is 3.60. The molecule has 0 radical (unpaired) electrons. The zero-order valence-corrected chi connectivity index (χ0v) is 7.17. The van der Waals surface area contributed by atoms with Crippen molar-refractivity contribution in [2.75, 3.05) is 11.7 Å². The molecule has 0 spiro atoms. The van der Waals surface area contributed by atoms with Crippen LogP contribution in [0.25, 0.3) is 0 Å². The number of hydrogen-bond acceptors (Lipinski definition) is 3. The predicted octanol–water partition coefficient (Wildman–Crippen LogP) is 1.08. The standard InChI is InChI=1S/C5H7IO3/c1-4(9-3-6)5(7)8-2/h1,3H2,2H3. The number of alkyl halides is 1. The molecule has 0 bridgehead atoms. The first-order valence-electron chi connectivity index (χ1n) is 2.18. The summed E-state index contributed by atoms with van der Waals surface area (Å²) in [4.78, 5) is 10.5. The van der Waals surface area contributed by atoms with Crippen LogP contribution >= 0.6 is 22.6 Å². The fourth-order valence-corrected chi connectivity index (χ4v) is 0.615. The highest BCUT2D eigenvalue weighted by Gasteiger charge is 2.05. The summed E-state index contributed by atoms with van der Waals surface area (Å²) in [6.07, 6.45) is 0. The van der Waals surface area contributed by atoms with Gasteiger partial charge in [0.2, 0.25) is 0 Å². The topological polar surface area (TPSA) is 35.5 Å². The van der Waals surface area contributed by atoms with Gasteiger partial charge in [-0.05, 0) is 29.2 Å². The van der Waals surface area contributed by atoms with Gasteiger partial charge in [0.1, 0.15) is 4.61 Å². The monoisotopic (exact) mass is 242 g/mol. The van der Waals surface area contributed by atoms with Crippen molar-refractivity contribution in [2.45, 2.75) is 0 Å². The van der Waals surface area contributed by atoms with Gasteiger partial charge in [-0.25, -0.2) is 4.79 Å². The highest BCUT2D eigenvalue weighted by atomic mass is 127. The first-order chi connectivity index (χ1) is 4.22. The number of esters is 1. The smallest absolute Gasteiger partial charge is 0.372 e. The van der Waals surface area contributed by atoms with Gasteiger partial charge in [0.05, 0.1) is 7.11 Å². The van der Waals surface area contributed by atoms with Crippen LogP contribution in [0.5, 0.6) is 0 Å². The molecule has 0 saturated carbocycles. The van der Waals surface area contributed by atoms with E-state index in [1.54, 1.807) is 0 Å². The van der Waals surface area contributed by atoms with Crippen LogP contribution in [-0.2, 0) is 14.3 Å². The van der Waals surface area contributed by atoms with E-state index in [4.69, 9.17) is 4.74 Å². The maximum atomic E-state index is 10.5. The molecule has 0 aromatic heterocycles. The third-order valence-electron chi connectivity index (χ3n) is 0.642. The van der Waals surface area contributed by atoms with E-state index in [0.717, 1.165) is 0 Å². The molecule has 0 saturated heterocycles. The third kappa shape index (κ3) is 3.34. The number of halogens is 1. The Hall–Kier alpha value is -0.260. The number of rotatable bonds is 3. The van der Waals surface area contributed by atoms with Crippen molar-refractivity contribution >= 4 is 28.6 Å². The molecule has 0 aliphatic carbocycles. The Morgan fingerprint density at radius 2 is 2.33 bits per heavy atom. The SMILES string of the molecule is C=C(OCI)C(=O)OC. The number of methoxy groups -OCH3 is 1. The molecule has 0 aliphatic heterocycles. The Bertz CT molecular complexity index is 121. The van der Waals surface area contributed by atoms with E-state index in [0.29, 0.717) is 4.61 Å². The lowest BCUT2D eigenvalue weighted by molar-refractivity contribution is -0.139. The second-order valence-corrected chi connectivity index (χ2v) is 1.79. The van der Waals surface area contributed by atoms with Gasteiger partial charge in [-0.3, -0.25) is 0 Å². The zero-order valence-electron chi connectivity index (χ0n) is 5.02. The van der Waals surface area contributed by atoms with E-state index >= 15 is 0 Å². The van der Waals surface area contributed by atoms with E-state index in [9.17, 15) is 4.79 Å². The van der Waals surface area contributed by atoms with Gasteiger partial charge in [-0.1, -0.05) is 0 Å². The molecular formula is C5H7IO3. The summed E-state index contributed by atoms with van der Waals surface area (Å²) in [7, 11) is 1.28. The Labute approximate surface area is 67.2 Å². The van der Waals surface area contributed by atoms with Gasteiger partial charge in [-0.15, -0.1) is 0 Å². The molecular weight excluding hydrogens is 235 g/mol. The summed E-state index contributed by atoms with van der Waals surface area (Å²) in [6, 6.07) is 0. The summed E-state index contributed by atoms with van der Waals surface area (Å²) in [5.41, 5.74) is 0. The number of hydrogen-bond donors (Lipinski definition) is 0. The summed E-state index contributed by atoms with van der Waals surface area (Å²) in [5.74, 6) is -0.474. The summed E-state index contributed by atoms with van der Waals surface area (Å²) in [6.45, 7) is 3.31. The van der Waals surface area contributed by atoms with Crippen LogP contribution in [0.3, 0.4) is 0 Å². The minimum Gasteiger partial charge on any atom is -0.476 e. The lowest BCUT2D eigenvalue weighted by Gasteiger charge is -2.01. The van der Waals surface area contributed by atoms with Crippen molar-refractivity contribution in [2.24, 2.45) is 0 Å². The molecule has 0 fully saturated rings. The number of carbonyl (C=O) groups excluding carboxylic acids is 1. The van der Waals surface area contributed by atoms with Crippen molar-refractivity contribution in [1.82, 2.24) is 0 Å². The van der Waals surface area contributed by atoms with Crippen molar-refractivity contribution in [3.8, 4) is 0 Å². The molecule has 0 N–H and O–H groups in total.